The fourth-order valence-electron chi connectivity index (χ4n) is 6.15. The van der Waals surface area contributed by atoms with Gasteiger partial charge < -0.3 is 10.1 Å². The predicted molar refractivity (Wildman–Crippen MR) is 109 cm³/mol. The molecule has 1 aromatic carbocycles. The van der Waals surface area contributed by atoms with Crippen molar-refractivity contribution in [3.63, 3.8) is 0 Å². The van der Waals surface area contributed by atoms with E-state index in [1.807, 2.05) is 13.8 Å². The zero-order chi connectivity index (χ0) is 21.5. The van der Waals surface area contributed by atoms with E-state index in [9.17, 15) is 18.8 Å². The first-order valence-electron chi connectivity index (χ1n) is 11.0. The van der Waals surface area contributed by atoms with Gasteiger partial charge in [0.25, 0.3) is 0 Å². The third kappa shape index (κ3) is 4.14. The van der Waals surface area contributed by atoms with Crippen LogP contribution in [0.2, 0.25) is 0 Å². The molecule has 0 spiro atoms. The summed E-state index contributed by atoms with van der Waals surface area (Å²) in [7, 11) is 0. The lowest BCUT2D eigenvalue weighted by atomic mass is 9.49. The van der Waals surface area contributed by atoms with E-state index in [1.54, 1.807) is 0 Å². The van der Waals surface area contributed by atoms with Crippen molar-refractivity contribution in [1.29, 1.82) is 0 Å². The highest BCUT2D eigenvalue weighted by molar-refractivity contribution is 5.98. The number of amides is 1. The van der Waals surface area contributed by atoms with E-state index in [4.69, 9.17) is 4.74 Å². The summed E-state index contributed by atoms with van der Waals surface area (Å²) in [5.74, 6) is 0.0926. The van der Waals surface area contributed by atoms with Crippen LogP contribution in [0.15, 0.2) is 24.3 Å². The maximum absolute atomic E-state index is 13.3. The topological polar surface area (TPSA) is 72.5 Å². The monoisotopic (exact) mass is 415 g/mol. The smallest absolute Gasteiger partial charge is 0.329 e. The van der Waals surface area contributed by atoms with Crippen LogP contribution in [0.3, 0.4) is 0 Å². The van der Waals surface area contributed by atoms with Crippen LogP contribution in [-0.4, -0.2) is 30.3 Å². The summed E-state index contributed by atoms with van der Waals surface area (Å²) in [6.45, 7) is 3.22. The Bertz CT molecular complexity index is 814. The first-order valence-corrected chi connectivity index (χ1v) is 11.0. The highest BCUT2D eigenvalue weighted by Crippen LogP contribution is 2.60. The van der Waals surface area contributed by atoms with Crippen LogP contribution in [0.25, 0.3) is 0 Å². The minimum Gasteiger partial charge on any atom is -0.456 e. The van der Waals surface area contributed by atoms with Gasteiger partial charge in [0.15, 0.2) is 12.4 Å². The first-order chi connectivity index (χ1) is 14.3. The average molecular weight is 416 g/mol. The van der Waals surface area contributed by atoms with Crippen molar-refractivity contribution in [2.75, 3.05) is 6.61 Å². The number of hydrogen-bond acceptors (Lipinski definition) is 4. The second-order valence-corrected chi connectivity index (χ2v) is 9.93. The zero-order valence-corrected chi connectivity index (χ0v) is 17.7. The molecule has 0 heterocycles. The lowest BCUT2D eigenvalue weighted by Crippen LogP contribution is -2.57. The van der Waals surface area contributed by atoms with Gasteiger partial charge in [-0.25, -0.2) is 9.18 Å². The molecule has 0 aliphatic heterocycles. The molecule has 6 heteroatoms. The molecule has 4 fully saturated rings. The minimum absolute atomic E-state index is 0.0336. The van der Waals surface area contributed by atoms with Crippen molar-refractivity contribution in [2.24, 2.45) is 29.1 Å². The quantitative estimate of drug-likeness (QED) is 0.541. The van der Waals surface area contributed by atoms with Crippen molar-refractivity contribution < 1.29 is 23.5 Å². The Morgan fingerprint density at radius 1 is 1.10 bits per heavy atom. The van der Waals surface area contributed by atoms with Crippen LogP contribution < -0.4 is 5.32 Å². The number of nitrogens with one attached hydrogen (secondary N) is 1. The number of hydrogen-bond donors (Lipinski definition) is 1. The highest BCUT2D eigenvalue weighted by Gasteiger charge is 2.55. The molecule has 1 aromatic rings. The largest absolute Gasteiger partial charge is 0.456 e. The first kappa shape index (κ1) is 21.0. The highest BCUT2D eigenvalue weighted by atomic mass is 19.1. The molecular formula is C24H30FNO4. The second-order valence-electron chi connectivity index (χ2n) is 9.93. The van der Waals surface area contributed by atoms with Gasteiger partial charge in [0, 0.05) is 11.0 Å². The number of ketones is 1. The van der Waals surface area contributed by atoms with Crippen molar-refractivity contribution in [3.8, 4) is 0 Å². The minimum atomic E-state index is -0.800. The Morgan fingerprint density at radius 2 is 1.70 bits per heavy atom. The molecule has 0 aromatic heterocycles. The molecule has 5 rings (SSSR count). The molecule has 30 heavy (non-hydrogen) atoms. The molecule has 4 saturated carbocycles. The van der Waals surface area contributed by atoms with Gasteiger partial charge in [0.1, 0.15) is 11.9 Å². The summed E-state index contributed by atoms with van der Waals surface area (Å²) in [6, 6.07) is 4.48. The Kier molecular flexibility index (Phi) is 5.69. The maximum Gasteiger partial charge on any atom is 0.329 e. The number of halogens is 1. The average Bonchev–Trinajstić information content (AvgIpc) is 2.68. The molecule has 162 valence electrons. The van der Waals surface area contributed by atoms with Gasteiger partial charge in [-0.05, 0) is 74.3 Å². The number of ether oxygens (including phenoxy) is 1. The van der Waals surface area contributed by atoms with Crippen molar-refractivity contribution in [3.05, 3.63) is 35.6 Å². The lowest BCUT2D eigenvalue weighted by Gasteiger charge is -2.55. The Labute approximate surface area is 176 Å². The van der Waals surface area contributed by atoms with E-state index in [-0.39, 0.29) is 22.8 Å². The number of carbonyl (C=O) groups is 3. The number of esters is 1. The normalized spacial score (nSPS) is 30.2. The van der Waals surface area contributed by atoms with Crippen molar-refractivity contribution in [2.45, 2.75) is 58.4 Å². The summed E-state index contributed by atoms with van der Waals surface area (Å²) in [5.41, 5.74) is -0.193. The van der Waals surface area contributed by atoms with E-state index < -0.39 is 30.2 Å². The van der Waals surface area contributed by atoms with Crippen molar-refractivity contribution >= 4 is 17.7 Å². The van der Waals surface area contributed by atoms with Crippen LogP contribution in [0.1, 0.15) is 62.7 Å². The van der Waals surface area contributed by atoms with Crippen molar-refractivity contribution in [1.82, 2.24) is 5.32 Å². The van der Waals surface area contributed by atoms with Crippen LogP contribution in [0.4, 0.5) is 4.39 Å². The van der Waals surface area contributed by atoms with Crippen LogP contribution in [0, 0.1) is 34.9 Å². The fourth-order valence-corrected chi connectivity index (χ4v) is 6.15. The molecule has 1 amide bonds. The standard InChI is InChI=1S/C24H30FNO4/c1-14(2)21(22(28)30-13-20(27)18-4-3-5-19(25)9-18)26-23(29)24-10-15-6-16(11-24)8-17(7-15)12-24/h3-5,9,14-17,21H,6-8,10-13H2,1-2H3,(H,26,29)/t15?,16?,17?,21-,24?/m0/s1. The Balaban J connectivity index is 1.38. The van der Waals surface area contributed by atoms with Gasteiger partial charge in [-0.3, -0.25) is 9.59 Å². The zero-order valence-electron chi connectivity index (χ0n) is 17.7. The molecule has 0 radical (unpaired) electrons. The van der Waals surface area contributed by atoms with Gasteiger partial charge in [0.05, 0.1) is 0 Å². The van der Waals surface area contributed by atoms with E-state index in [2.05, 4.69) is 5.32 Å². The fraction of sp³-hybridized carbons (Fsp3) is 0.625. The summed E-state index contributed by atoms with van der Waals surface area (Å²) in [5, 5.41) is 2.96. The summed E-state index contributed by atoms with van der Waals surface area (Å²) in [4.78, 5) is 38.2. The van der Waals surface area contributed by atoms with Gasteiger partial charge in [0.2, 0.25) is 5.91 Å². The summed E-state index contributed by atoms with van der Waals surface area (Å²) < 4.78 is 18.5. The third-order valence-electron chi connectivity index (χ3n) is 7.22. The second kappa shape index (κ2) is 8.12. The number of rotatable bonds is 7. The third-order valence-corrected chi connectivity index (χ3v) is 7.22. The Morgan fingerprint density at radius 3 is 2.23 bits per heavy atom. The van der Waals surface area contributed by atoms with E-state index >= 15 is 0 Å². The van der Waals surface area contributed by atoms with Gasteiger partial charge in [-0.1, -0.05) is 26.0 Å². The number of benzene rings is 1. The molecule has 1 N–H and O–H groups in total. The van der Waals surface area contributed by atoms with E-state index in [0.717, 1.165) is 25.3 Å². The van der Waals surface area contributed by atoms with E-state index in [0.29, 0.717) is 17.8 Å². The van der Waals surface area contributed by atoms with Crippen LogP contribution >= 0.6 is 0 Å². The molecule has 4 aliphatic rings. The van der Waals surface area contributed by atoms with Gasteiger partial charge >= 0.3 is 5.97 Å². The van der Waals surface area contributed by atoms with E-state index in [1.165, 1.54) is 37.5 Å². The summed E-state index contributed by atoms with van der Waals surface area (Å²) in [6.07, 6.45) is 6.48. The molecule has 5 nitrogen and oxygen atoms in total. The number of Topliss-reactive ketones (excluding diaryl/α,β-unsaturated/α-hetero) is 1. The maximum atomic E-state index is 13.3. The number of carbonyl (C=O) groups excluding carboxylic acids is 3. The summed E-state index contributed by atoms with van der Waals surface area (Å²) >= 11 is 0. The molecule has 1 atom stereocenters. The SMILES string of the molecule is CC(C)[C@H](NC(=O)C12CC3CC(CC(C3)C1)C2)C(=O)OCC(=O)c1cccc(F)c1. The van der Waals surface area contributed by atoms with Gasteiger partial charge in [-0.15, -0.1) is 0 Å². The molecule has 0 saturated heterocycles. The molecule has 4 bridgehead atoms. The van der Waals surface area contributed by atoms with Crippen LogP contribution in [0.5, 0.6) is 0 Å². The predicted octanol–water partition coefficient (Wildman–Crippen LogP) is 3.91. The Hall–Kier alpha value is -2.24. The molecule has 4 aliphatic carbocycles. The van der Waals surface area contributed by atoms with Gasteiger partial charge in [-0.2, -0.15) is 0 Å². The van der Waals surface area contributed by atoms with Crippen LogP contribution in [-0.2, 0) is 14.3 Å². The molecular weight excluding hydrogens is 385 g/mol. The lowest BCUT2D eigenvalue weighted by molar-refractivity contribution is -0.154. The molecule has 0 unspecified atom stereocenters.